The molecule has 116 valence electrons. The van der Waals surface area contributed by atoms with Gasteiger partial charge in [0.1, 0.15) is 0 Å². The summed E-state index contributed by atoms with van der Waals surface area (Å²) in [5, 5.41) is 0.831. The van der Waals surface area contributed by atoms with Crippen molar-refractivity contribution >= 4 is 10.8 Å². The van der Waals surface area contributed by atoms with E-state index in [4.69, 9.17) is 0 Å². The maximum atomic E-state index is 13.1. The molecule has 0 bridgehead atoms. The fourth-order valence-corrected chi connectivity index (χ4v) is 2.87. The summed E-state index contributed by atoms with van der Waals surface area (Å²) in [4.78, 5) is 26.2. The van der Waals surface area contributed by atoms with E-state index in [0.717, 1.165) is 0 Å². The normalized spacial score (nSPS) is 10.8. The minimum Gasteiger partial charge on any atom is -0.267 e. The number of benzene rings is 3. The van der Waals surface area contributed by atoms with Crippen LogP contribution in [0.25, 0.3) is 22.1 Å². The zero-order chi connectivity index (χ0) is 16.5. The summed E-state index contributed by atoms with van der Waals surface area (Å²) in [6.07, 6.45) is 0. The van der Waals surface area contributed by atoms with Gasteiger partial charge in [-0.15, -0.1) is 0 Å². The average Bonchev–Trinajstić information content (AvgIpc) is 2.66. The highest BCUT2D eigenvalue weighted by Gasteiger charge is 2.15. The molecule has 0 N–H and O–H groups in total. The maximum Gasteiger partial charge on any atom is 0.278 e. The first-order chi connectivity index (χ1) is 11.8. The van der Waals surface area contributed by atoms with E-state index >= 15 is 0 Å². The third-order valence-electron chi connectivity index (χ3n) is 3.97. The van der Waals surface area contributed by atoms with Crippen molar-refractivity contribution in [3.63, 3.8) is 0 Å². The molecule has 0 unspecified atom stereocenters. The summed E-state index contributed by atoms with van der Waals surface area (Å²) >= 11 is 0. The van der Waals surface area contributed by atoms with Gasteiger partial charge in [-0.3, -0.25) is 9.59 Å². The molecule has 3 aromatic carbocycles. The largest absolute Gasteiger partial charge is 0.278 e. The summed E-state index contributed by atoms with van der Waals surface area (Å²) < 4.78 is 2.86. The van der Waals surface area contributed by atoms with Crippen molar-refractivity contribution in [1.29, 1.82) is 0 Å². The van der Waals surface area contributed by atoms with Gasteiger partial charge >= 0.3 is 0 Å². The summed E-state index contributed by atoms with van der Waals surface area (Å²) in [7, 11) is 0. The molecule has 4 heteroatoms. The Morgan fingerprint density at radius 2 is 0.792 bits per heavy atom. The summed E-state index contributed by atoms with van der Waals surface area (Å²) in [5.74, 6) is 0. The minimum absolute atomic E-state index is 0.222. The first-order valence-corrected chi connectivity index (χ1v) is 7.65. The molecule has 0 aliphatic heterocycles. The van der Waals surface area contributed by atoms with Gasteiger partial charge in [-0.1, -0.05) is 48.5 Å². The fraction of sp³-hybridized carbons (Fsp3) is 0. The highest BCUT2D eigenvalue weighted by molar-refractivity contribution is 5.81. The Hall–Kier alpha value is -3.40. The Labute approximate surface area is 137 Å². The Morgan fingerprint density at radius 3 is 1.17 bits per heavy atom. The molecule has 0 amide bonds. The second-order valence-electron chi connectivity index (χ2n) is 5.45. The third-order valence-corrected chi connectivity index (χ3v) is 3.97. The number of aromatic nitrogens is 2. The molecule has 24 heavy (non-hydrogen) atoms. The molecule has 1 heterocycles. The lowest BCUT2D eigenvalue weighted by atomic mass is 10.2. The lowest BCUT2D eigenvalue weighted by Crippen LogP contribution is -2.36. The van der Waals surface area contributed by atoms with E-state index in [1.165, 1.54) is 9.36 Å². The van der Waals surface area contributed by atoms with Gasteiger partial charge in [0.2, 0.25) is 0 Å². The van der Waals surface area contributed by atoms with Crippen LogP contribution >= 0.6 is 0 Å². The molecule has 0 radical (unpaired) electrons. The van der Waals surface area contributed by atoms with E-state index in [1.807, 2.05) is 60.7 Å². The van der Waals surface area contributed by atoms with Crippen molar-refractivity contribution in [1.82, 2.24) is 9.36 Å². The molecule has 0 fully saturated rings. The van der Waals surface area contributed by atoms with E-state index in [-0.39, 0.29) is 11.1 Å². The first-order valence-electron chi connectivity index (χ1n) is 7.65. The Kier molecular flexibility index (Phi) is 3.35. The zero-order valence-corrected chi connectivity index (χ0v) is 12.8. The number of hydrogen-bond acceptors (Lipinski definition) is 2. The Balaban J connectivity index is 2.23. The monoisotopic (exact) mass is 314 g/mol. The van der Waals surface area contributed by atoms with Gasteiger partial charge in [-0.25, -0.2) is 9.36 Å². The van der Waals surface area contributed by atoms with E-state index in [1.54, 1.807) is 24.3 Å². The Bertz CT molecular complexity index is 1040. The molecule has 0 spiro atoms. The van der Waals surface area contributed by atoms with Crippen LogP contribution in [0.2, 0.25) is 0 Å². The van der Waals surface area contributed by atoms with Crippen LogP contribution in [-0.2, 0) is 0 Å². The second kappa shape index (κ2) is 5.66. The molecule has 1 aromatic heterocycles. The van der Waals surface area contributed by atoms with Gasteiger partial charge < -0.3 is 0 Å². The lowest BCUT2D eigenvalue weighted by molar-refractivity contribution is 0.677. The minimum atomic E-state index is -0.222. The summed E-state index contributed by atoms with van der Waals surface area (Å²) in [6.45, 7) is 0. The molecule has 0 saturated heterocycles. The smallest absolute Gasteiger partial charge is 0.267 e. The van der Waals surface area contributed by atoms with E-state index in [0.29, 0.717) is 22.1 Å². The predicted octanol–water partition coefficient (Wildman–Crippen LogP) is 3.14. The van der Waals surface area contributed by atoms with Crippen LogP contribution in [0.15, 0.2) is 94.5 Å². The molecule has 4 aromatic rings. The zero-order valence-electron chi connectivity index (χ0n) is 12.8. The van der Waals surface area contributed by atoms with E-state index in [9.17, 15) is 9.59 Å². The van der Waals surface area contributed by atoms with Crippen LogP contribution < -0.4 is 11.1 Å². The molecular formula is C20H14N2O2. The molecular weight excluding hydrogens is 300 g/mol. The summed E-state index contributed by atoms with van der Waals surface area (Å²) in [6, 6.07) is 25.3. The SMILES string of the molecule is O=c1c2ccccc2c(=O)n(-c2ccccc2)n1-c1ccccc1. The topological polar surface area (TPSA) is 44.0 Å². The molecule has 0 aliphatic rings. The highest BCUT2D eigenvalue weighted by atomic mass is 16.2. The van der Waals surface area contributed by atoms with E-state index in [2.05, 4.69) is 0 Å². The van der Waals surface area contributed by atoms with Crippen molar-refractivity contribution < 1.29 is 0 Å². The van der Waals surface area contributed by atoms with Gasteiger partial charge in [-0.05, 0) is 36.4 Å². The van der Waals surface area contributed by atoms with Gasteiger partial charge in [0.25, 0.3) is 11.1 Å². The first kappa shape index (κ1) is 14.2. The van der Waals surface area contributed by atoms with Crippen molar-refractivity contribution in [2.45, 2.75) is 0 Å². The highest BCUT2D eigenvalue weighted by Crippen LogP contribution is 2.12. The second-order valence-corrected chi connectivity index (χ2v) is 5.45. The molecule has 0 aliphatic carbocycles. The number of para-hydroxylation sites is 2. The van der Waals surface area contributed by atoms with Crippen LogP contribution in [0, 0.1) is 0 Å². The van der Waals surface area contributed by atoms with Crippen molar-refractivity contribution in [3.8, 4) is 11.4 Å². The van der Waals surface area contributed by atoms with Crippen molar-refractivity contribution in [2.75, 3.05) is 0 Å². The van der Waals surface area contributed by atoms with Gasteiger partial charge in [0.15, 0.2) is 0 Å². The number of hydrogen-bond donors (Lipinski definition) is 0. The van der Waals surface area contributed by atoms with Crippen LogP contribution in [0.1, 0.15) is 0 Å². The quantitative estimate of drug-likeness (QED) is 0.570. The van der Waals surface area contributed by atoms with Crippen LogP contribution in [0.3, 0.4) is 0 Å². The third kappa shape index (κ3) is 2.16. The van der Waals surface area contributed by atoms with Crippen LogP contribution in [0.4, 0.5) is 0 Å². The van der Waals surface area contributed by atoms with E-state index < -0.39 is 0 Å². The number of nitrogens with zero attached hydrogens (tertiary/aromatic N) is 2. The molecule has 0 saturated carbocycles. The fourth-order valence-electron chi connectivity index (χ4n) is 2.87. The maximum absolute atomic E-state index is 13.1. The van der Waals surface area contributed by atoms with Gasteiger partial charge in [-0.2, -0.15) is 0 Å². The summed E-state index contributed by atoms with van der Waals surface area (Å²) in [5.41, 5.74) is 0.851. The number of fused-ring (bicyclic) bond motifs is 1. The lowest BCUT2D eigenvalue weighted by Gasteiger charge is -2.16. The van der Waals surface area contributed by atoms with Crippen molar-refractivity contribution in [2.24, 2.45) is 0 Å². The molecule has 4 nitrogen and oxygen atoms in total. The van der Waals surface area contributed by atoms with Gasteiger partial charge in [0.05, 0.1) is 22.1 Å². The number of rotatable bonds is 2. The standard InChI is InChI=1S/C20H14N2O2/c23-19-17-13-7-8-14-18(17)20(24)22(16-11-5-2-6-12-16)21(19)15-9-3-1-4-10-15/h1-14H. The van der Waals surface area contributed by atoms with Crippen molar-refractivity contribution in [3.05, 3.63) is 106 Å². The Morgan fingerprint density at radius 1 is 0.458 bits per heavy atom. The van der Waals surface area contributed by atoms with Gasteiger partial charge in [0, 0.05) is 0 Å². The van der Waals surface area contributed by atoms with Crippen LogP contribution in [0.5, 0.6) is 0 Å². The van der Waals surface area contributed by atoms with Crippen LogP contribution in [-0.4, -0.2) is 9.36 Å². The predicted molar refractivity (Wildman–Crippen MR) is 95.1 cm³/mol. The molecule has 4 rings (SSSR count). The average molecular weight is 314 g/mol. The molecule has 0 atom stereocenters.